The van der Waals surface area contributed by atoms with E-state index in [1.165, 1.54) is 0 Å². The van der Waals surface area contributed by atoms with Crippen LogP contribution >= 0.6 is 15.9 Å². The van der Waals surface area contributed by atoms with Crippen molar-refractivity contribution in [3.05, 3.63) is 27.7 Å². The maximum absolute atomic E-state index is 11.9. The molecule has 0 saturated carbocycles. The van der Waals surface area contributed by atoms with Crippen LogP contribution in [0.1, 0.15) is 11.1 Å². The molecule has 0 fully saturated rings. The van der Waals surface area contributed by atoms with Gasteiger partial charge in [0, 0.05) is 4.47 Å². The quantitative estimate of drug-likeness (QED) is 0.878. The van der Waals surface area contributed by atoms with Crippen molar-refractivity contribution >= 4 is 31.9 Å². The molecule has 0 bridgehead atoms. The molecule has 0 aliphatic heterocycles. The third kappa shape index (κ3) is 3.52. The summed E-state index contributed by atoms with van der Waals surface area (Å²) in [5.41, 5.74) is 1.13. The molecule has 0 aliphatic rings. The average Bonchev–Trinajstić information content (AvgIpc) is 2.12. The molecule has 0 amide bonds. The van der Waals surface area contributed by atoms with Crippen molar-refractivity contribution in [3.8, 4) is 0 Å². The third-order valence-electron chi connectivity index (χ3n) is 2.11. The lowest BCUT2D eigenvalue weighted by Gasteiger charge is -2.11. The van der Waals surface area contributed by atoms with Crippen LogP contribution in [-0.2, 0) is 14.8 Å². The average molecular weight is 322 g/mol. The van der Waals surface area contributed by atoms with Gasteiger partial charge in [0.15, 0.2) is 0 Å². The standard InChI is InChI=1S/C10H12BrNO4S/c1-6-3-8(11)4-7(2)10(6)17(15,16)12-5-9(13)14/h3-4,12H,5H2,1-2H3,(H,13,14). The molecule has 2 N–H and O–H groups in total. The Morgan fingerprint density at radius 2 is 1.82 bits per heavy atom. The molecule has 17 heavy (non-hydrogen) atoms. The van der Waals surface area contributed by atoms with Crippen molar-refractivity contribution in [2.45, 2.75) is 18.7 Å². The summed E-state index contributed by atoms with van der Waals surface area (Å²) in [5.74, 6) is -1.22. The largest absolute Gasteiger partial charge is 0.480 e. The van der Waals surface area contributed by atoms with Crippen LogP contribution in [0.4, 0.5) is 0 Å². The van der Waals surface area contributed by atoms with Gasteiger partial charge in [0.1, 0.15) is 6.54 Å². The lowest BCUT2D eigenvalue weighted by Crippen LogP contribution is -2.30. The Kier molecular flexibility index (Phi) is 4.29. The second-order valence-corrected chi connectivity index (χ2v) is 6.21. The normalized spacial score (nSPS) is 11.5. The molecule has 0 atom stereocenters. The number of halogens is 1. The van der Waals surface area contributed by atoms with Gasteiger partial charge in [-0.25, -0.2) is 8.42 Å². The summed E-state index contributed by atoms with van der Waals surface area (Å²) in [7, 11) is -3.79. The van der Waals surface area contributed by atoms with Crippen LogP contribution < -0.4 is 4.72 Å². The number of aryl methyl sites for hydroxylation is 2. The highest BCUT2D eigenvalue weighted by Crippen LogP contribution is 2.24. The maximum Gasteiger partial charge on any atom is 0.318 e. The van der Waals surface area contributed by atoms with Gasteiger partial charge >= 0.3 is 5.97 Å². The predicted molar refractivity (Wildman–Crippen MR) is 66.4 cm³/mol. The number of hydrogen-bond acceptors (Lipinski definition) is 3. The fourth-order valence-corrected chi connectivity index (χ4v) is 3.66. The highest BCUT2D eigenvalue weighted by Gasteiger charge is 2.20. The van der Waals surface area contributed by atoms with Gasteiger partial charge in [-0.3, -0.25) is 4.79 Å². The first kappa shape index (κ1) is 14.1. The molecule has 0 unspecified atom stereocenters. The molecule has 0 heterocycles. The van der Waals surface area contributed by atoms with Crippen LogP contribution in [0.3, 0.4) is 0 Å². The minimum absolute atomic E-state index is 0.127. The van der Waals surface area contributed by atoms with Crippen LogP contribution in [0.5, 0.6) is 0 Å². The first-order valence-electron chi connectivity index (χ1n) is 4.72. The topological polar surface area (TPSA) is 83.5 Å². The van der Waals surface area contributed by atoms with E-state index in [1.807, 2.05) is 4.72 Å². The highest BCUT2D eigenvalue weighted by molar-refractivity contribution is 9.10. The number of sulfonamides is 1. The number of nitrogens with one attached hydrogen (secondary N) is 1. The fraction of sp³-hybridized carbons (Fsp3) is 0.300. The van der Waals surface area contributed by atoms with Crippen LogP contribution in [0.2, 0.25) is 0 Å². The number of aliphatic carboxylic acids is 1. The van der Waals surface area contributed by atoms with Crippen molar-refractivity contribution in [1.82, 2.24) is 4.72 Å². The molecular weight excluding hydrogens is 310 g/mol. The minimum atomic E-state index is -3.79. The van der Waals surface area contributed by atoms with Gasteiger partial charge in [-0.15, -0.1) is 0 Å². The molecule has 0 aliphatic carbocycles. The van der Waals surface area contributed by atoms with Crippen LogP contribution in [0.25, 0.3) is 0 Å². The molecule has 7 heteroatoms. The number of carboxylic acid groups (broad SMARTS) is 1. The number of rotatable bonds is 4. The molecule has 1 aromatic carbocycles. The first-order chi connectivity index (χ1) is 7.74. The maximum atomic E-state index is 11.9. The van der Waals surface area contributed by atoms with Gasteiger partial charge < -0.3 is 5.11 Å². The smallest absolute Gasteiger partial charge is 0.318 e. The molecule has 94 valence electrons. The van der Waals surface area contributed by atoms with Gasteiger partial charge in [-0.2, -0.15) is 4.72 Å². The van der Waals surface area contributed by atoms with E-state index in [-0.39, 0.29) is 4.90 Å². The lowest BCUT2D eigenvalue weighted by molar-refractivity contribution is -0.135. The number of hydrogen-bond donors (Lipinski definition) is 2. The number of benzene rings is 1. The van der Waals surface area contributed by atoms with Crippen LogP contribution in [0.15, 0.2) is 21.5 Å². The SMILES string of the molecule is Cc1cc(Br)cc(C)c1S(=O)(=O)NCC(=O)O. The van der Waals surface area contributed by atoms with E-state index in [9.17, 15) is 13.2 Å². The van der Waals surface area contributed by atoms with Crippen molar-refractivity contribution in [3.63, 3.8) is 0 Å². The summed E-state index contributed by atoms with van der Waals surface area (Å²) in [5, 5.41) is 8.47. The van der Waals surface area contributed by atoms with Gasteiger partial charge in [-0.05, 0) is 37.1 Å². The van der Waals surface area contributed by atoms with Crippen molar-refractivity contribution < 1.29 is 18.3 Å². The first-order valence-corrected chi connectivity index (χ1v) is 7.00. The number of carboxylic acids is 1. The van der Waals surface area contributed by atoms with Crippen molar-refractivity contribution in [1.29, 1.82) is 0 Å². The second-order valence-electron chi connectivity index (χ2n) is 3.59. The van der Waals surface area contributed by atoms with E-state index < -0.39 is 22.5 Å². The highest BCUT2D eigenvalue weighted by atomic mass is 79.9. The van der Waals surface area contributed by atoms with Crippen LogP contribution in [0, 0.1) is 13.8 Å². The Labute approximate surface area is 108 Å². The van der Waals surface area contributed by atoms with E-state index in [0.717, 1.165) is 4.47 Å². The fourth-order valence-electron chi connectivity index (χ4n) is 1.55. The molecule has 0 aromatic heterocycles. The number of carbonyl (C=O) groups is 1. The summed E-state index contributed by atoms with van der Waals surface area (Å²) in [6.45, 7) is 2.69. The molecule has 0 spiro atoms. The zero-order chi connectivity index (χ0) is 13.2. The Bertz CT molecular complexity index is 530. The predicted octanol–water partition coefficient (Wildman–Crippen LogP) is 1.43. The lowest BCUT2D eigenvalue weighted by atomic mass is 10.2. The van der Waals surface area contributed by atoms with E-state index in [0.29, 0.717) is 11.1 Å². The summed E-state index contributed by atoms with van der Waals surface area (Å²) in [6, 6.07) is 3.34. The minimum Gasteiger partial charge on any atom is -0.480 e. The van der Waals surface area contributed by atoms with Gasteiger partial charge in [0.05, 0.1) is 4.90 Å². The van der Waals surface area contributed by atoms with Gasteiger partial charge in [0.25, 0.3) is 0 Å². The van der Waals surface area contributed by atoms with Crippen molar-refractivity contribution in [2.75, 3.05) is 6.54 Å². The molecular formula is C10H12BrNO4S. The summed E-state index contributed by atoms with van der Waals surface area (Å²) in [6.07, 6.45) is 0. The Morgan fingerprint density at radius 1 is 1.35 bits per heavy atom. The summed E-state index contributed by atoms with van der Waals surface area (Å²) in [4.78, 5) is 10.5. The Morgan fingerprint density at radius 3 is 2.24 bits per heavy atom. The van der Waals surface area contributed by atoms with E-state index in [4.69, 9.17) is 5.11 Å². The zero-order valence-electron chi connectivity index (χ0n) is 9.32. The molecule has 1 aromatic rings. The summed E-state index contributed by atoms with van der Waals surface area (Å²) >= 11 is 3.27. The Balaban J connectivity index is 3.20. The molecule has 0 radical (unpaired) electrons. The molecule has 5 nitrogen and oxygen atoms in total. The zero-order valence-corrected chi connectivity index (χ0v) is 11.7. The summed E-state index contributed by atoms with van der Waals surface area (Å²) < 4.78 is 26.6. The van der Waals surface area contributed by atoms with Crippen molar-refractivity contribution in [2.24, 2.45) is 0 Å². The monoisotopic (exact) mass is 321 g/mol. The second kappa shape index (κ2) is 5.16. The van der Waals surface area contributed by atoms with E-state index in [1.54, 1.807) is 26.0 Å². The third-order valence-corrected chi connectivity index (χ3v) is 4.27. The van der Waals surface area contributed by atoms with Gasteiger partial charge in [-0.1, -0.05) is 15.9 Å². The molecule has 1 rings (SSSR count). The van der Waals surface area contributed by atoms with Crippen LogP contribution in [-0.4, -0.2) is 26.0 Å². The molecule has 0 saturated heterocycles. The van der Waals surface area contributed by atoms with Gasteiger partial charge in [0.2, 0.25) is 10.0 Å². The Hall–Kier alpha value is -0.920. The van der Waals surface area contributed by atoms with E-state index >= 15 is 0 Å². The van der Waals surface area contributed by atoms with E-state index in [2.05, 4.69) is 15.9 Å².